The molecule has 0 spiro atoms. The second-order valence-electron chi connectivity index (χ2n) is 3.88. The van der Waals surface area contributed by atoms with Crippen molar-refractivity contribution in [2.75, 3.05) is 24.2 Å². The molecule has 2 heteroatoms. The van der Waals surface area contributed by atoms with Crippen LogP contribution in [0.4, 0.5) is 5.69 Å². The van der Waals surface area contributed by atoms with Gasteiger partial charge in [0.1, 0.15) is 0 Å². The van der Waals surface area contributed by atoms with Gasteiger partial charge in [-0.15, -0.1) is 0 Å². The highest BCUT2D eigenvalue weighted by atomic mass is 32.1. The van der Waals surface area contributed by atoms with Gasteiger partial charge in [-0.05, 0) is 37.1 Å². The van der Waals surface area contributed by atoms with Gasteiger partial charge in [0.2, 0.25) is 0 Å². The molecule has 0 amide bonds. The first-order valence-electron chi connectivity index (χ1n) is 5.19. The number of aryl methyl sites for hydroxylation is 2. The molecule has 0 unspecified atom stereocenters. The van der Waals surface area contributed by atoms with Gasteiger partial charge >= 0.3 is 0 Å². The number of anilines is 1. The molecular weight excluding hydrogens is 202 g/mol. The van der Waals surface area contributed by atoms with Gasteiger partial charge in [-0.1, -0.05) is 18.2 Å². The zero-order valence-electron chi connectivity index (χ0n) is 9.70. The van der Waals surface area contributed by atoms with Crippen molar-refractivity contribution >= 4 is 18.3 Å². The van der Waals surface area contributed by atoms with Crippen LogP contribution in [-0.4, -0.2) is 19.3 Å². The largest absolute Gasteiger partial charge is 0.371 e. The minimum absolute atomic E-state index is 0.806. The van der Waals surface area contributed by atoms with E-state index >= 15 is 0 Å². The molecule has 0 heterocycles. The number of thiol groups is 1. The first kappa shape index (κ1) is 12.2. The summed E-state index contributed by atoms with van der Waals surface area (Å²) >= 11 is 4.14. The fourth-order valence-electron chi connectivity index (χ4n) is 1.58. The molecule has 0 saturated carbocycles. The maximum Gasteiger partial charge on any atom is 0.0371 e. The number of benzene rings is 1. The van der Waals surface area contributed by atoms with E-state index in [-0.39, 0.29) is 0 Å². The third-order valence-corrected chi connectivity index (χ3v) is 2.51. The van der Waals surface area contributed by atoms with E-state index in [1.54, 1.807) is 0 Å². The van der Waals surface area contributed by atoms with E-state index in [0.29, 0.717) is 0 Å². The molecule has 1 aromatic rings. The summed E-state index contributed by atoms with van der Waals surface area (Å²) in [6.07, 6.45) is 4.22. The highest BCUT2D eigenvalue weighted by Crippen LogP contribution is 2.17. The fraction of sp³-hybridized carbons (Fsp3) is 0.385. The highest BCUT2D eigenvalue weighted by Gasteiger charge is 1.99. The molecule has 0 atom stereocenters. The number of likely N-dealkylation sites (N-methyl/N-ethyl adjacent to an activating group) is 1. The van der Waals surface area contributed by atoms with Gasteiger partial charge in [0.05, 0.1) is 0 Å². The standard InChI is InChI=1S/C13H19NS/c1-11-8-12(2)10-13(9-11)14(3)6-4-5-7-15/h4-5,8-10,15H,6-7H2,1-3H3. The van der Waals surface area contributed by atoms with E-state index in [1.807, 2.05) is 0 Å². The Balaban J connectivity index is 2.72. The lowest BCUT2D eigenvalue weighted by Gasteiger charge is -2.18. The van der Waals surface area contributed by atoms with E-state index in [4.69, 9.17) is 0 Å². The number of nitrogens with zero attached hydrogens (tertiary/aromatic N) is 1. The Hall–Kier alpha value is -0.890. The van der Waals surface area contributed by atoms with Crippen molar-refractivity contribution in [2.45, 2.75) is 13.8 Å². The molecule has 0 fully saturated rings. The number of hydrogen-bond acceptors (Lipinski definition) is 2. The Labute approximate surface area is 98.2 Å². The van der Waals surface area contributed by atoms with Gasteiger partial charge in [-0.3, -0.25) is 0 Å². The van der Waals surface area contributed by atoms with Crippen molar-refractivity contribution in [3.8, 4) is 0 Å². The fourth-order valence-corrected chi connectivity index (χ4v) is 1.73. The van der Waals surface area contributed by atoms with Crippen molar-refractivity contribution in [1.82, 2.24) is 0 Å². The van der Waals surface area contributed by atoms with Crippen LogP contribution in [-0.2, 0) is 0 Å². The minimum atomic E-state index is 0.806. The normalized spacial score (nSPS) is 10.9. The summed E-state index contributed by atoms with van der Waals surface area (Å²) in [6, 6.07) is 6.62. The molecule has 0 aromatic heterocycles. The predicted molar refractivity (Wildman–Crippen MR) is 72.2 cm³/mol. The Morgan fingerprint density at radius 3 is 2.27 bits per heavy atom. The Morgan fingerprint density at radius 2 is 1.73 bits per heavy atom. The van der Waals surface area contributed by atoms with Gasteiger partial charge in [0.25, 0.3) is 0 Å². The van der Waals surface area contributed by atoms with E-state index in [9.17, 15) is 0 Å². The summed E-state index contributed by atoms with van der Waals surface area (Å²) in [5.41, 5.74) is 3.90. The molecule has 0 bridgehead atoms. The summed E-state index contributed by atoms with van der Waals surface area (Å²) in [4.78, 5) is 2.24. The molecule has 0 N–H and O–H groups in total. The summed E-state index contributed by atoms with van der Waals surface area (Å²) in [5.74, 6) is 0.806. The second kappa shape index (κ2) is 5.86. The molecule has 15 heavy (non-hydrogen) atoms. The van der Waals surface area contributed by atoms with Crippen LogP contribution in [0, 0.1) is 13.8 Å². The van der Waals surface area contributed by atoms with Crippen LogP contribution in [0.2, 0.25) is 0 Å². The van der Waals surface area contributed by atoms with Crippen molar-refractivity contribution in [3.05, 3.63) is 41.5 Å². The number of hydrogen-bond donors (Lipinski definition) is 1. The first-order chi connectivity index (χ1) is 7.13. The maximum atomic E-state index is 4.14. The summed E-state index contributed by atoms with van der Waals surface area (Å²) in [6.45, 7) is 5.20. The van der Waals surface area contributed by atoms with Crippen molar-refractivity contribution < 1.29 is 0 Å². The zero-order chi connectivity index (χ0) is 11.3. The minimum Gasteiger partial charge on any atom is -0.371 e. The second-order valence-corrected chi connectivity index (χ2v) is 4.25. The molecule has 0 radical (unpaired) electrons. The van der Waals surface area contributed by atoms with Gasteiger partial charge in [-0.2, -0.15) is 12.6 Å². The molecule has 0 saturated heterocycles. The Morgan fingerprint density at radius 1 is 1.13 bits per heavy atom. The maximum absolute atomic E-state index is 4.14. The topological polar surface area (TPSA) is 3.24 Å². The molecule has 0 aliphatic heterocycles. The Bertz CT molecular complexity index is 324. The summed E-state index contributed by atoms with van der Waals surface area (Å²) in [7, 11) is 2.11. The van der Waals surface area contributed by atoms with Gasteiger partial charge in [0.15, 0.2) is 0 Å². The van der Waals surface area contributed by atoms with Gasteiger partial charge < -0.3 is 4.90 Å². The van der Waals surface area contributed by atoms with Crippen molar-refractivity contribution in [2.24, 2.45) is 0 Å². The predicted octanol–water partition coefficient (Wildman–Crippen LogP) is 3.23. The van der Waals surface area contributed by atoms with Gasteiger partial charge in [0, 0.05) is 25.0 Å². The average molecular weight is 221 g/mol. The van der Waals surface area contributed by atoms with Crippen molar-refractivity contribution in [1.29, 1.82) is 0 Å². The molecule has 1 aromatic carbocycles. The summed E-state index contributed by atoms with van der Waals surface area (Å²) in [5, 5.41) is 0. The third kappa shape index (κ3) is 4.00. The van der Waals surface area contributed by atoms with Crippen LogP contribution in [0.1, 0.15) is 11.1 Å². The van der Waals surface area contributed by atoms with Crippen LogP contribution in [0.3, 0.4) is 0 Å². The quantitative estimate of drug-likeness (QED) is 0.603. The molecule has 82 valence electrons. The van der Waals surface area contributed by atoms with Gasteiger partial charge in [-0.25, -0.2) is 0 Å². The van der Waals surface area contributed by atoms with E-state index in [1.165, 1.54) is 16.8 Å². The Kier molecular flexibility index (Phi) is 4.76. The number of rotatable bonds is 4. The first-order valence-corrected chi connectivity index (χ1v) is 5.82. The zero-order valence-corrected chi connectivity index (χ0v) is 10.6. The van der Waals surface area contributed by atoms with Crippen molar-refractivity contribution in [3.63, 3.8) is 0 Å². The SMILES string of the molecule is Cc1cc(C)cc(N(C)CC=CCS)c1. The molecule has 0 aliphatic carbocycles. The lowest BCUT2D eigenvalue weighted by Crippen LogP contribution is -2.16. The lowest BCUT2D eigenvalue weighted by atomic mass is 10.1. The molecular formula is C13H19NS. The van der Waals surface area contributed by atoms with Crippen LogP contribution in [0.25, 0.3) is 0 Å². The van der Waals surface area contributed by atoms with Crippen LogP contribution in [0.5, 0.6) is 0 Å². The third-order valence-electron chi connectivity index (χ3n) is 2.30. The molecule has 1 nitrogen and oxygen atoms in total. The van der Waals surface area contributed by atoms with E-state index in [2.05, 4.69) is 68.8 Å². The van der Waals surface area contributed by atoms with E-state index in [0.717, 1.165) is 12.3 Å². The van der Waals surface area contributed by atoms with Crippen LogP contribution < -0.4 is 4.90 Å². The van der Waals surface area contributed by atoms with E-state index < -0.39 is 0 Å². The lowest BCUT2D eigenvalue weighted by molar-refractivity contribution is 1.02. The molecule has 1 rings (SSSR count). The van der Waals surface area contributed by atoms with Crippen LogP contribution >= 0.6 is 12.6 Å². The van der Waals surface area contributed by atoms with Crippen LogP contribution in [0.15, 0.2) is 30.4 Å². The average Bonchev–Trinajstić information content (AvgIpc) is 2.16. The smallest absolute Gasteiger partial charge is 0.0371 e. The molecule has 0 aliphatic rings. The summed E-state index contributed by atoms with van der Waals surface area (Å²) < 4.78 is 0. The monoisotopic (exact) mass is 221 g/mol. The highest BCUT2D eigenvalue weighted by molar-refractivity contribution is 7.80.